The zero-order valence-corrected chi connectivity index (χ0v) is 17.8. The van der Waals surface area contributed by atoms with Crippen molar-refractivity contribution in [1.82, 2.24) is 14.1 Å². The van der Waals surface area contributed by atoms with Gasteiger partial charge in [0, 0.05) is 38.8 Å². The third kappa shape index (κ3) is 3.83. The van der Waals surface area contributed by atoms with Crippen LogP contribution in [0.25, 0.3) is 0 Å². The molecule has 1 aromatic rings. The summed E-state index contributed by atoms with van der Waals surface area (Å²) >= 11 is 0. The molecule has 0 radical (unpaired) electrons. The molecule has 9 heteroatoms. The van der Waals surface area contributed by atoms with Crippen LogP contribution in [0.1, 0.15) is 18.4 Å². The average Bonchev–Trinajstić information content (AvgIpc) is 3.18. The van der Waals surface area contributed by atoms with Gasteiger partial charge < -0.3 is 19.3 Å². The van der Waals surface area contributed by atoms with Gasteiger partial charge in [0.05, 0.1) is 19.1 Å². The maximum atomic E-state index is 13.4. The van der Waals surface area contributed by atoms with E-state index >= 15 is 0 Å². The first-order valence-corrected chi connectivity index (χ1v) is 11.0. The molecule has 2 saturated heterocycles. The summed E-state index contributed by atoms with van der Waals surface area (Å²) in [5, 5.41) is 0. The number of sulfonamides is 1. The Balaban J connectivity index is 1.89. The lowest BCUT2D eigenvalue weighted by Crippen LogP contribution is -2.53. The van der Waals surface area contributed by atoms with Gasteiger partial charge in [-0.1, -0.05) is 0 Å². The summed E-state index contributed by atoms with van der Waals surface area (Å²) in [6, 6.07) is 2.50. The minimum atomic E-state index is -3.83. The molecule has 28 heavy (non-hydrogen) atoms. The van der Waals surface area contributed by atoms with Crippen molar-refractivity contribution < 1.29 is 22.7 Å². The largest absolute Gasteiger partial charge is 0.493 e. The molecule has 2 aliphatic rings. The molecular weight excluding hydrogens is 382 g/mol. The van der Waals surface area contributed by atoms with Crippen LogP contribution >= 0.6 is 0 Å². The molecule has 0 aliphatic carbocycles. The van der Waals surface area contributed by atoms with Gasteiger partial charge in [0.2, 0.25) is 15.9 Å². The van der Waals surface area contributed by atoms with Gasteiger partial charge in [-0.2, -0.15) is 4.31 Å². The summed E-state index contributed by atoms with van der Waals surface area (Å²) in [4.78, 5) is 17.2. The van der Waals surface area contributed by atoms with Crippen molar-refractivity contribution in [2.75, 3.05) is 54.0 Å². The number of amides is 1. The maximum Gasteiger partial charge on any atom is 0.244 e. The Labute approximate surface area is 167 Å². The number of methoxy groups -OCH3 is 2. The van der Waals surface area contributed by atoms with Crippen LogP contribution < -0.4 is 9.47 Å². The number of nitrogens with zero attached hydrogens (tertiary/aromatic N) is 3. The van der Waals surface area contributed by atoms with Gasteiger partial charge in [-0.3, -0.25) is 4.79 Å². The molecule has 0 bridgehead atoms. The molecule has 0 spiro atoms. The van der Waals surface area contributed by atoms with Crippen molar-refractivity contribution in [2.45, 2.75) is 30.7 Å². The first-order valence-electron chi connectivity index (χ1n) is 9.51. The highest BCUT2D eigenvalue weighted by Gasteiger charge is 2.42. The zero-order valence-electron chi connectivity index (χ0n) is 17.0. The standard InChI is InChI=1S/C19H29N3O5S/c1-14-12-16(26-3)17(27-4)13-18(14)28(24,25)22-7-5-6-15(22)19(23)21-10-8-20(2)9-11-21/h12-13,15H,5-11H2,1-4H3/t15-/m0/s1. The Kier molecular flexibility index (Phi) is 6.16. The molecule has 0 aromatic heterocycles. The fourth-order valence-electron chi connectivity index (χ4n) is 3.88. The maximum absolute atomic E-state index is 13.4. The highest BCUT2D eigenvalue weighted by molar-refractivity contribution is 7.89. The lowest BCUT2D eigenvalue weighted by Gasteiger charge is -2.35. The molecule has 8 nitrogen and oxygen atoms in total. The molecule has 2 fully saturated rings. The van der Waals surface area contributed by atoms with Crippen molar-refractivity contribution in [3.8, 4) is 11.5 Å². The van der Waals surface area contributed by atoms with Crippen molar-refractivity contribution in [3.05, 3.63) is 17.7 Å². The first kappa shape index (κ1) is 20.9. The predicted octanol–water partition coefficient (Wildman–Crippen LogP) is 0.939. The van der Waals surface area contributed by atoms with E-state index in [1.54, 1.807) is 17.9 Å². The van der Waals surface area contributed by atoms with E-state index in [0.717, 1.165) is 13.1 Å². The number of carbonyl (C=O) groups is 1. The van der Waals surface area contributed by atoms with E-state index in [-0.39, 0.29) is 10.8 Å². The van der Waals surface area contributed by atoms with Crippen LogP contribution in [-0.2, 0) is 14.8 Å². The predicted molar refractivity (Wildman–Crippen MR) is 105 cm³/mol. The Morgan fingerprint density at radius 3 is 2.25 bits per heavy atom. The molecule has 0 N–H and O–H groups in total. The summed E-state index contributed by atoms with van der Waals surface area (Å²) in [6.45, 7) is 4.95. The van der Waals surface area contributed by atoms with E-state index in [2.05, 4.69) is 4.90 Å². The van der Waals surface area contributed by atoms with E-state index in [1.807, 2.05) is 7.05 Å². The highest BCUT2D eigenvalue weighted by atomic mass is 32.2. The minimum absolute atomic E-state index is 0.0905. The summed E-state index contributed by atoms with van der Waals surface area (Å²) in [5.74, 6) is 0.741. The summed E-state index contributed by atoms with van der Waals surface area (Å²) in [6.07, 6.45) is 1.23. The van der Waals surface area contributed by atoms with Crippen molar-refractivity contribution >= 4 is 15.9 Å². The number of rotatable bonds is 5. The fourth-order valence-corrected chi connectivity index (χ4v) is 5.75. The van der Waals surface area contributed by atoms with Crippen LogP contribution in [0.15, 0.2) is 17.0 Å². The third-order valence-corrected chi connectivity index (χ3v) is 7.62. The third-order valence-electron chi connectivity index (χ3n) is 5.57. The Morgan fingerprint density at radius 2 is 1.64 bits per heavy atom. The number of aryl methyl sites for hydroxylation is 1. The van der Waals surface area contributed by atoms with Gasteiger partial charge in [0.25, 0.3) is 0 Å². The van der Waals surface area contributed by atoms with Crippen LogP contribution in [0.4, 0.5) is 0 Å². The highest BCUT2D eigenvalue weighted by Crippen LogP contribution is 2.35. The first-order chi connectivity index (χ1) is 13.3. The van der Waals surface area contributed by atoms with E-state index in [9.17, 15) is 13.2 Å². The normalized spacial score (nSPS) is 21.7. The van der Waals surface area contributed by atoms with Crippen LogP contribution in [-0.4, -0.2) is 88.5 Å². The molecule has 1 amide bonds. The number of piperazine rings is 1. The molecule has 1 atom stereocenters. The number of carbonyl (C=O) groups excluding carboxylic acids is 1. The second-order valence-electron chi connectivity index (χ2n) is 7.38. The van der Waals surface area contributed by atoms with Gasteiger partial charge in [-0.25, -0.2) is 8.42 Å². The number of ether oxygens (including phenoxy) is 2. The number of hydrogen-bond acceptors (Lipinski definition) is 6. The van der Waals surface area contributed by atoms with Crippen molar-refractivity contribution in [3.63, 3.8) is 0 Å². The Hall–Kier alpha value is -1.84. The Morgan fingerprint density at radius 1 is 1.04 bits per heavy atom. The van der Waals surface area contributed by atoms with Crippen molar-refractivity contribution in [2.24, 2.45) is 0 Å². The monoisotopic (exact) mass is 411 g/mol. The smallest absolute Gasteiger partial charge is 0.244 e. The van der Waals surface area contributed by atoms with Gasteiger partial charge in [0.15, 0.2) is 11.5 Å². The molecular formula is C19H29N3O5S. The van der Waals surface area contributed by atoms with E-state index in [1.165, 1.54) is 24.6 Å². The second-order valence-corrected chi connectivity index (χ2v) is 9.23. The molecule has 1 aromatic carbocycles. The summed E-state index contributed by atoms with van der Waals surface area (Å²) in [7, 11) is 1.17. The number of hydrogen-bond donors (Lipinski definition) is 0. The van der Waals surface area contributed by atoms with Gasteiger partial charge in [-0.15, -0.1) is 0 Å². The number of benzene rings is 1. The molecule has 2 aliphatic heterocycles. The molecule has 3 rings (SSSR count). The molecule has 0 unspecified atom stereocenters. The van der Waals surface area contributed by atoms with Crippen LogP contribution in [0.5, 0.6) is 11.5 Å². The van der Waals surface area contributed by atoms with E-state index < -0.39 is 16.1 Å². The van der Waals surface area contributed by atoms with Gasteiger partial charge >= 0.3 is 0 Å². The molecule has 0 saturated carbocycles. The fraction of sp³-hybridized carbons (Fsp3) is 0.632. The van der Waals surface area contributed by atoms with Gasteiger partial charge in [0.1, 0.15) is 6.04 Å². The minimum Gasteiger partial charge on any atom is -0.493 e. The van der Waals surface area contributed by atoms with Crippen LogP contribution in [0.2, 0.25) is 0 Å². The summed E-state index contributed by atoms with van der Waals surface area (Å²) in [5.41, 5.74) is 0.565. The average molecular weight is 412 g/mol. The number of likely N-dealkylation sites (N-methyl/N-ethyl adjacent to an activating group) is 1. The molecule has 156 valence electrons. The topological polar surface area (TPSA) is 79.4 Å². The second kappa shape index (κ2) is 8.26. The van der Waals surface area contributed by atoms with Gasteiger partial charge in [-0.05, 0) is 38.4 Å². The Bertz CT molecular complexity index is 834. The zero-order chi connectivity index (χ0) is 20.5. The van der Waals surface area contributed by atoms with Crippen LogP contribution in [0.3, 0.4) is 0 Å². The summed E-state index contributed by atoms with van der Waals surface area (Å²) < 4.78 is 38.8. The van der Waals surface area contributed by atoms with E-state index in [0.29, 0.717) is 49.5 Å². The van der Waals surface area contributed by atoms with Crippen molar-refractivity contribution in [1.29, 1.82) is 0 Å². The lowest BCUT2D eigenvalue weighted by molar-refractivity contribution is -0.136. The van der Waals surface area contributed by atoms with E-state index in [4.69, 9.17) is 9.47 Å². The lowest BCUT2D eigenvalue weighted by atomic mass is 10.2. The SMILES string of the molecule is COc1cc(C)c(S(=O)(=O)N2CCC[C@H]2C(=O)N2CCN(C)CC2)cc1OC. The quantitative estimate of drug-likeness (QED) is 0.718. The molecule has 2 heterocycles. The van der Waals surface area contributed by atoms with Crippen LogP contribution in [0, 0.1) is 6.92 Å².